The molecule has 0 aromatic heterocycles. The minimum atomic E-state index is -0.499. The Morgan fingerprint density at radius 3 is 2.24 bits per heavy atom. The number of hydrogen-bond acceptors (Lipinski definition) is 4. The van der Waals surface area contributed by atoms with Gasteiger partial charge in [0.25, 0.3) is 0 Å². The maximum atomic E-state index is 12.3. The summed E-state index contributed by atoms with van der Waals surface area (Å²) in [7, 11) is 0. The Hall–Kier alpha value is -1.28. The van der Waals surface area contributed by atoms with Crippen molar-refractivity contribution in [1.29, 1.82) is 5.26 Å². The van der Waals surface area contributed by atoms with E-state index in [1.165, 1.54) is 0 Å². The second-order valence-electron chi connectivity index (χ2n) is 7.22. The fourth-order valence-corrected chi connectivity index (χ4v) is 1.87. The zero-order valence-corrected chi connectivity index (χ0v) is 14.6. The first-order chi connectivity index (χ1) is 9.51. The highest BCUT2D eigenvalue weighted by atomic mass is 16.6. The molecule has 0 aromatic carbocycles. The Morgan fingerprint density at radius 1 is 1.29 bits per heavy atom. The van der Waals surface area contributed by atoms with E-state index >= 15 is 0 Å². The van der Waals surface area contributed by atoms with Gasteiger partial charge >= 0.3 is 6.09 Å². The van der Waals surface area contributed by atoms with Crippen molar-refractivity contribution in [3.63, 3.8) is 0 Å². The van der Waals surface area contributed by atoms with Crippen LogP contribution in [0.25, 0.3) is 0 Å². The predicted molar refractivity (Wildman–Crippen MR) is 85.0 cm³/mol. The molecule has 0 bridgehead atoms. The quantitative estimate of drug-likeness (QED) is 0.817. The average Bonchev–Trinajstić information content (AvgIpc) is 2.28. The first-order valence-electron chi connectivity index (χ1n) is 7.62. The van der Waals surface area contributed by atoms with Crippen molar-refractivity contribution in [3.8, 4) is 6.07 Å². The maximum absolute atomic E-state index is 12.3. The lowest BCUT2D eigenvalue weighted by Crippen LogP contribution is -2.50. The van der Waals surface area contributed by atoms with E-state index in [4.69, 9.17) is 10.00 Å². The third-order valence-corrected chi connectivity index (χ3v) is 3.02. The van der Waals surface area contributed by atoms with Crippen molar-refractivity contribution in [2.75, 3.05) is 13.1 Å². The summed E-state index contributed by atoms with van der Waals surface area (Å²) >= 11 is 0. The van der Waals surface area contributed by atoms with Gasteiger partial charge in [0, 0.05) is 24.7 Å². The molecule has 1 atom stereocenters. The van der Waals surface area contributed by atoms with Crippen LogP contribution in [0.4, 0.5) is 4.79 Å². The van der Waals surface area contributed by atoms with E-state index in [2.05, 4.69) is 11.4 Å². The van der Waals surface area contributed by atoms with Gasteiger partial charge in [-0.25, -0.2) is 4.79 Å². The van der Waals surface area contributed by atoms with Gasteiger partial charge in [0.05, 0.1) is 12.5 Å². The van der Waals surface area contributed by atoms with Gasteiger partial charge in [-0.15, -0.1) is 0 Å². The SMILES string of the molecule is CCC(CC#N)NCCN(C(=O)OC(C)(C)C)C(C)(C)C. The van der Waals surface area contributed by atoms with E-state index in [0.717, 1.165) is 6.42 Å². The van der Waals surface area contributed by atoms with Gasteiger partial charge in [-0.2, -0.15) is 5.26 Å². The van der Waals surface area contributed by atoms with Crippen LogP contribution in [0.3, 0.4) is 0 Å². The topological polar surface area (TPSA) is 65.4 Å². The summed E-state index contributed by atoms with van der Waals surface area (Å²) in [5, 5.41) is 12.1. The molecule has 1 unspecified atom stereocenters. The molecule has 0 aromatic rings. The maximum Gasteiger partial charge on any atom is 0.410 e. The van der Waals surface area contributed by atoms with E-state index in [-0.39, 0.29) is 17.7 Å². The summed E-state index contributed by atoms with van der Waals surface area (Å²) in [4.78, 5) is 14.0. The normalized spacial score (nSPS) is 13.4. The van der Waals surface area contributed by atoms with E-state index in [0.29, 0.717) is 19.5 Å². The van der Waals surface area contributed by atoms with Crippen molar-refractivity contribution >= 4 is 6.09 Å². The molecule has 122 valence electrons. The van der Waals surface area contributed by atoms with Gasteiger partial charge in [0.1, 0.15) is 5.60 Å². The van der Waals surface area contributed by atoms with Gasteiger partial charge in [-0.05, 0) is 48.0 Å². The number of amides is 1. The second-order valence-corrected chi connectivity index (χ2v) is 7.22. The van der Waals surface area contributed by atoms with Crippen molar-refractivity contribution < 1.29 is 9.53 Å². The number of carbonyl (C=O) groups excluding carboxylic acids is 1. The van der Waals surface area contributed by atoms with Crippen LogP contribution in [-0.2, 0) is 4.74 Å². The molecule has 21 heavy (non-hydrogen) atoms. The van der Waals surface area contributed by atoms with Gasteiger partial charge in [-0.3, -0.25) is 0 Å². The fraction of sp³-hybridized carbons (Fsp3) is 0.875. The molecule has 0 spiro atoms. The lowest BCUT2D eigenvalue weighted by Gasteiger charge is -2.37. The molecular weight excluding hydrogens is 266 g/mol. The van der Waals surface area contributed by atoms with Crippen LogP contribution in [-0.4, -0.2) is 41.3 Å². The summed E-state index contributed by atoms with van der Waals surface area (Å²) in [5.41, 5.74) is -0.804. The summed E-state index contributed by atoms with van der Waals surface area (Å²) in [6, 6.07) is 2.35. The van der Waals surface area contributed by atoms with Gasteiger partial charge < -0.3 is 15.0 Å². The largest absolute Gasteiger partial charge is 0.444 e. The molecule has 5 nitrogen and oxygen atoms in total. The second kappa shape index (κ2) is 8.23. The highest BCUT2D eigenvalue weighted by Crippen LogP contribution is 2.18. The third kappa shape index (κ3) is 8.56. The average molecular weight is 297 g/mol. The molecule has 1 N–H and O–H groups in total. The molecule has 0 radical (unpaired) electrons. The molecule has 5 heteroatoms. The highest BCUT2D eigenvalue weighted by molar-refractivity contribution is 5.69. The molecule has 0 aliphatic carbocycles. The minimum absolute atomic E-state index is 0.176. The molecule has 1 amide bonds. The Labute approximate surface area is 129 Å². The number of nitriles is 1. The van der Waals surface area contributed by atoms with E-state index < -0.39 is 5.60 Å². The van der Waals surface area contributed by atoms with Gasteiger partial charge in [-0.1, -0.05) is 6.92 Å². The van der Waals surface area contributed by atoms with Crippen LogP contribution in [0.15, 0.2) is 0 Å². The number of rotatable bonds is 6. The molecular formula is C16H31N3O2. The van der Waals surface area contributed by atoms with Crippen LogP contribution < -0.4 is 5.32 Å². The Balaban J connectivity index is 4.60. The predicted octanol–water partition coefficient (Wildman–Crippen LogP) is 3.30. The van der Waals surface area contributed by atoms with Crippen LogP contribution in [0.2, 0.25) is 0 Å². The summed E-state index contributed by atoms with van der Waals surface area (Å²) in [6.07, 6.45) is 1.08. The molecule has 0 aliphatic heterocycles. The number of hydrogen-bond donors (Lipinski definition) is 1. The van der Waals surface area contributed by atoms with Gasteiger partial charge in [0.15, 0.2) is 0 Å². The standard InChI is InChI=1S/C16H31N3O2/c1-8-13(9-10-17)18-11-12-19(15(2,3)4)14(20)21-16(5,6)7/h13,18H,8-9,11-12H2,1-7H3. The lowest BCUT2D eigenvalue weighted by atomic mass is 10.1. The first kappa shape index (κ1) is 19.7. The number of nitrogens with zero attached hydrogens (tertiary/aromatic N) is 2. The zero-order chi connectivity index (χ0) is 16.7. The summed E-state index contributed by atoms with van der Waals surface area (Å²) in [5.74, 6) is 0. The van der Waals surface area contributed by atoms with E-state index in [1.807, 2.05) is 48.5 Å². The zero-order valence-electron chi connectivity index (χ0n) is 14.6. The van der Waals surface area contributed by atoms with E-state index in [9.17, 15) is 4.79 Å². The highest BCUT2D eigenvalue weighted by Gasteiger charge is 2.30. The summed E-state index contributed by atoms with van der Waals surface area (Å²) in [6.45, 7) is 14.8. The monoisotopic (exact) mass is 297 g/mol. The van der Waals surface area contributed by atoms with Crippen molar-refractivity contribution in [2.24, 2.45) is 0 Å². The third-order valence-electron chi connectivity index (χ3n) is 3.02. The molecule has 0 heterocycles. The van der Waals surface area contributed by atoms with Crippen LogP contribution in [0.1, 0.15) is 61.3 Å². The van der Waals surface area contributed by atoms with Crippen molar-refractivity contribution in [2.45, 2.75) is 78.5 Å². The fourth-order valence-electron chi connectivity index (χ4n) is 1.87. The Kier molecular flexibility index (Phi) is 7.73. The number of ether oxygens (including phenoxy) is 1. The molecule has 0 fully saturated rings. The molecule has 0 aliphatic rings. The van der Waals surface area contributed by atoms with Crippen molar-refractivity contribution in [3.05, 3.63) is 0 Å². The lowest BCUT2D eigenvalue weighted by molar-refractivity contribution is 0.00646. The molecule has 0 rings (SSSR count). The van der Waals surface area contributed by atoms with Crippen LogP contribution in [0.5, 0.6) is 0 Å². The number of nitrogens with one attached hydrogen (secondary N) is 1. The number of carbonyl (C=O) groups is 1. The Bertz CT molecular complexity index is 361. The minimum Gasteiger partial charge on any atom is -0.444 e. The van der Waals surface area contributed by atoms with Crippen LogP contribution >= 0.6 is 0 Å². The summed E-state index contributed by atoms with van der Waals surface area (Å²) < 4.78 is 5.46. The first-order valence-corrected chi connectivity index (χ1v) is 7.62. The smallest absolute Gasteiger partial charge is 0.410 e. The van der Waals surface area contributed by atoms with Gasteiger partial charge in [0.2, 0.25) is 0 Å². The van der Waals surface area contributed by atoms with E-state index in [1.54, 1.807) is 4.90 Å². The Morgan fingerprint density at radius 2 is 1.86 bits per heavy atom. The van der Waals surface area contributed by atoms with Crippen molar-refractivity contribution in [1.82, 2.24) is 10.2 Å². The molecule has 0 saturated heterocycles. The van der Waals surface area contributed by atoms with Crippen LogP contribution in [0, 0.1) is 11.3 Å². The molecule has 0 saturated carbocycles.